The first-order valence-corrected chi connectivity index (χ1v) is 12.8. The number of piperazine rings is 1. The van der Waals surface area contributed by atoms with Crippen LogP contribution >= 0.6 is 0 Å². The van der Waals surface area contributed by atoms with Gasteiger partial charge in [0.25, 0.3) is 5.91 Å². The number of carbonyl (C=O) groups excluding carboxylic acids is 2. The topological polar surface area (TPSA) is 123 Å². The molecular weight excluding hydrogens is 474 g/mol. The van der Waals surface area contributed by atoms with Crippen molar-refractivity contribution in [3.63, 3.8) is 0 Å². The number of benzene rings is 2. The molecule has 1 atom stereocenters. The van der Waals surface area contributed by atoms with Crippen molar-refractivity contribution in [2.24, 2.45) is 0 Å². The van der Waals surface area contributed by atoms with Crippen molar-refractivity contribution in [1.29, 1.82) is 0 Å². The van der Waals surface area contributed by atoms with Crippen molar-refractivity contribution in [3.8, 4) is 0 Å². The number of piperidine rings is 1. The number of hydrogen-bond acceptors (Lipinski definition) is 7. The number of carbonyl (C=O) groups is 3. The van der Waals surface area contributed by atoms with E-state index in [2.05, 4.69) is 25.8 Å². The van der Waals surface area contributed by atoms with Gasteiger partial charge in [-0.2, -0.15) is 0 Å². The van der Waals surface area contributed by atoms with Gasteiger partial charge in [0, 0.05) is 50.0 Å². The summed E-state index contributed by atoms with van der Waals surface area (Å²) >= 11 is 0. The van der Waals surface area contributed by atoms with E-state index in [1.54, 1.807) is 24.3 Å². The van der Waals surface area contributed by atoms with Gasteiger partial charge < -0.3 is 30.7 Å². The van der Waals surface area contributed by atoms with Crippen LogP contribution in [0.4, 0.5) is 10.5 Å². The van der Waals surface area contributed by atoms with Crippen LogP contribution in [-0.4, -0.2) is 85.9 Å². The Hall–Kier alpha value is -3.63. The molecule has 0 aromatic heterocycles. The molecule has 2 aliphatic rings. The minimum absolute atomic E-state index is 0.0187. The molecule has 2 heterocycles. The summed E-state index contributed by atoms with van der Waals surface area (Å²) in [4.78, 5) is 41.1. The first-order valence-electron chi connectivity index (χ1n) is 12.8. The molecule has 37 heavy (non-hydrogen) atoms. The molecule has 10 nitrogen and oxygen atoms in total. The molecule has 10 heteroatoms. The zero-order chi connectivity index (χ0) is 26.0. The Labute approximate surface area is 217 Å². The number of aliphatic carboxylic acids is 1. The van der Waals surface area contributed by atoms with Crippen molar-refractivity contribution >= 4 is 23.7 Å². The van der Waals surface area contributed by atoms with Crippen LogP contribution in [0.15, 0.2) is 54.6 Å². The first-order chi connectivity index (χ1) is 18.0. The highest BCUT2D eigenvalue weighted by Crippen LogP contribution is 2.20. The third-order valence-corrected chi connectivity index (χ3v) is 6.90. The average Bonchev–Trinajstić information content (AvgIpc) is 2.95. The van der Waals surface area contributed by atoms with Gasteiger partial charge in [-0.05, 0) is 55.8 Å². The van der Waals surface area contributed by atoms with Gasteiger partial charge in [-0.3, -0.25) is 9.69 Å². The minimum atomic E-state index is -1.32. The second-order valence-corrected chi connectivity index (χ2v) is 9.36. The normalized spacial score (nSPS) is 17.6. The van der Waals surface area contributed by atoms with E-state index in [9.17, 15) is 19.5 Å². The van der Waals surface area contributed by atoms with Crippen molar-refractivity contribution in [2.45, 2.75) is 31.5 Å². The van der Waals surface area contributed by atoms with E-state index in [4.69, 9.17) is 4.74 Å². The van der Waals surface area contributed by atoms with Crippen LogP contribution in [0.3, 0.4) is 0 Å². The third-order valence-electron chi connectivity index (χ3n) is 6.90. The predicted molar refractivity (Wildman–Crippen MR) is 140 cm³/mol. The van der Waals surface area contributed by atoms with Crippen LogP contribution in [0.1, 0.15) is 28.8 Å². The van der Waals surface area contributed by atoms with E-state index in [-0.39, 0.29) is 13.2 Å². The lowest BCUT2D eigenvalue weighted by molar-refractivity contribution is -0.139. The second kappa shape index (κ2) is 13.1. The van der Waals surface area contributed by atoms with E-state index in [1.165, 1.54) is 12.8 Å². The number of anilines is 1. The molecule has 0 radical (unpaired) electrons. The summed E-state index contributed by atoms with van der Waals surface area (Å²) in [6.07, 6.45) is 1.54. The van der Waals surface area contributed by atoms with Crippen molar-refractivity contribution in [2.75, 3.05) is 50.7 Å². The van der Waals surface area contributed by atoms with E-state index in [0.717, 1.165) is 50.5 Å². The van der Waals surface area contributed by atoms with Gasteiger partial charge in [0.1, 0.15) is 12.6 Å². The fraction of sp³-hybridized carbons (Fsp3) is 0.444. The Morgan fingerprint density at radius 1 is 0.973 bits per heavy atom. The number of alkyl carbamates (subject to hydrolysis) is 1. The molecule has 0 saturated carbocycles. The summed E-state index contributed by atoms with van der Waals surface area (Å²) in [7, 11) is 0. The molecule has 4 rings (SSSR count). The molecule has 2 aliphatic heterocycles. The molecule has 4 N–H and O–H groups in total. The SMILES string of the molecule is O=C(NC(CNC(=O)c1ccc(N2CCN(C3CCNCC3)CC2)cc1)C(=O)O)OCc1ccccc1. The maximum atomic E-state index is 12.6. The lowest BCUT2D eigenvalue weighted by Crippen LogP contribution is -2.52. The molecule has 198 valence electrons. The van der Waals surface area contributed by atoms with E-state index in [1.807, 2.05) is 30.3 Å². The highest BCUT2D eigenvalue weighted by atomic mass is 16.5. The number of amides is 2. The highest BCUT2D eigenvalue weighted by Gasteiger charge is 2.25. The summed E-state index contributed by atoms with van der Waals surface area (Å²) in [5.41, 5.74) is 2.27. The van der Waals surface area contributed by atoms with Crippen LogP contribution in [0.5, 0.6) is 0 Å². The fourth-order valence-electron chi connectivity index (χ4n) is 4.74. The van der Waals surface area contributed by atoms with Gasteiger partial charge in [0.05, 0.1) is 0 Å². The molecule has 1 unspecified atom stereocenters. The van der Waals surface area contributed by atoms with Crippen LogP contribution < -0.4 is 20.9 Å². The van der Waals surface area contributed by atoms with Gasteiger partial charge in [-0.15, -0.1) is 0 Å². The minimum Gasteiger partial charge on any atom is -0.480 e. The maximum Gasteiger partial charge on any atom is 0.408 e. The first kappa shape index (κ1) is 26.4. The fourth-order valence-corrected chi connectivity index (χ4v) is 4.74. The predicted octanol–water partition coefficient (Wildman–Crippen LogP) is 1.67. The quantitative estimate of drug-likeness (QED) is 0.403. The smallest absolute Gasteiger partial charge is 0.408 e. The standard InChI is InChI=1S/C27H35N5O5/c33-25(29-18-24(26(34)35)30-27(36)37-19-20-4-2-1-3-5-20)21-6-8-22(9-7-21)31-14-16-32(17-15-31)23-10-12-28-13-11-23/h1-9,23-24,28H,10-19H2,(H,29,33)(H,30,36)(H,34,35). The maximum absolute atomic E-state index is 12.6. The lowest BCUT2D eigenvalue weighted by atomic mass is 10.0. The van der Waals surface area contributed by atoms with Crippen molar-refractivity contribution in [1.82, 2.24) is 20.9 Å². The molecule has 0 bridgehead atoms. The molecule has 2 saturated heterocycles. The summed E-state index contributed by atoms with van der Waals surface area (Å²) in [6, 6.07) is 15.7. The average molecular weight is 510 g/mol. The zero-order valence-corrected chi connectivity index (χ0v) is 20.9. The summed E-state index contributed by atoms with van der Waals surface area (Å²) in [5, 5.41) is 17.7. The second-order valence-electron chi connectivity index (χ2n) is 9.36. The van der Waals surface area contributed by atoms with Gasteiger partial charge >= 0.3 is 12.1 Å². The van der Waals surface area contributed by atoms with Crippen LogP contribution in [0, 0.1) is 0 Å². The number of hydrogen-bond donors (Lipinski definition) is 4. The van der Waals surface area contributed by atoms with Gasteiger partial charge in [-0.1, -0.05) is 30.3 Å². The summed E-state index contributed by atoms with van der Waals surface area (Å²) in [5.74, 6) is -1.68. The lowest BCUT2D eigenvalue weighted by Gasteiger charge is -2.41. The largest absolute Gasteiger partial charge is 0.480 e. The number of ether oxygens (including phenoxy) is 1. The zero-order valence-electron chi connectivity index (χ0n) is 20.9. The Morgan fingerprint density at radius 3 is 2.30 bits per heavy atom. The van der Waals surface area contributed by atoms with Crippen molar-refractivity contribution in [3.05, 3.63) is 65.7 Å². The Kier molecular flexibility index (Phi) is 9.34. The molecule has 2 amide bonds. The molecule has 0 aliphatic carbocycles. The Morgan fingerprint density at radius 2 is 1.65 bits per heavy atom. The molecule has 0 spiro atoms. The molecule has 2 aromatic carbocycles. The highest BCUT2D eigenvalue weighted by molar-refractivity contribution is 5.95. The van der Waals surface area contributed by atoms with E-state index >= 15 is 0 Å². The van der Waals surface area contributed by atoms with Crippen LogP contribution in [-0.2, 0) is 16.1 Å². The monoisotopic (exact) mass is 509 g/mol. The Balaban J connectivity index is 1.22. The van der Waals surface area contributed by atoms with Gasteiger partial charge in [0.2, 0.25) is 0 Å². The summed E-state index contributed by atoms with van der Waals surface area (Å²) < 4.78 is 5.08. The number of carboxylic acid groups (broad SMARTS) is 1. The summed E-state index contributed by atoms with van der Waals surface area (Å²) in [6.45, 7) is 5.89. The third kappa shape index (κ3) is 7.68. The number of nitrogens with one attached hydrogen (secondary N) is 3. The van der Waals surface area contributed by atoms with Crippen molar-refractivity contribution < 1.29 is 24.2 Å². The molecular formula is C27H35N5O5. The van der Waals surface area contributed by atoms with Gasteiger partial charge in [-0.25, -0.2) is 9.59 Å². The van der Waals surface area contributed by atoms with Crippen LogP contribution in [0.25, 0.3) is 0 Å². The van der Waals surface area contributed by atoms with E-state index in [0.29, 0.717) is 11.6 Å². The molecule has 2 fully saturated rings. The number of carboxylic acids is 1. The van der Waals surface area contributed by atoms with Crippen LogP contribution in [0.2, 0.25) is 0 Å². The Bertz CT molecular complexity index is 1030. The van der Waals surface area contributed by atoms with E-state index < -0.39 is 24.0 Å². The number of rotatable bonds is 9. The molecule has 2 aromatic rings. The number of nitrogens with zero attached hydrogens (tertiary/aromatic N) is 2. The van der Waals surface area contributed by atoms with Gasteiger partial charge in [0.15, 0.2) is 0 Å².